The molecule has 3 heterocycles. The number of hydrogen-bond acceptors (Lipinski definition) is 4. The number of aryl methyl sites for hydroxylation is 1. The Kier molecular flexibility index (Phi) is 6.03. The Balaban J connectivity index is 1.47. The first-order valence-electron chi connectivity index (χ1n) is 11.7. The van der Waals surface area contributed by atoms with E-state index in [2.05, 4.69) is 59.7 Å². The van der Waals surface area contributed by atoms with E-state index in [9.17, 15) is 4.79 Å². The van der Waals surface area contributed by atoms with Crippen LogP contribution in [-0.2, 0) is 4.79 Å². The minimum absolute atomic E-state index is 0.0427. The molecule has 0 radical (unpaired) electrons. The van der Waals surface area contributed by atoms with Crippen molar-refractivity contribution in [2.75, 3.05) is 0 Å². The smallest absolute Gasteiger partial charge is 0.283 e. The lowest BCUT2D eigenvalue weighted by atomic mass is 9.98. The quantitative estimate of drug-likeness (QED) is 0.436. The molecule has 0 fully saturated rings. The standard InChI is InChI=1S/C28H27N5OS/c1-5-17(2)20-11-13-23(14-12-20)32-18(3)15-22(19(32)4)16-24-25(29)33-28(30-26(24)34)35-27(31-33)21-9-7-6-8-10-21/h6-17,29H,5H2,1-4H3/b24-16+,29-25?/t17-/m1/s1. The monoisotopic (exact) mass is 481 g/mol. The highest BCUT2D eigenvalue weighted by Gasteiger charge is 2.36. The van der Waals surface area contributed by atoms with E-state index >= 15 is 0 Å². The zero-order valence-corrected chi connectivity index (χ0v) is 21.1. The van der Waals surface area contributed by atoms with Crippen LogP contribution in [0.4, 0.5) is 0 Å². The number of hydrogen-bond donors (Lipinski definition) is 1. The molecule has 1 N–H and O–H groups in total. The number of hydrazone groups is 1. The minimum Gasteiger partial charge on any atom is -0.318 e. The van der Waals surface area contributed by atoms with Crippen molar-refractivity contribution in [2.24, 2.45) is 10.1 Å². The number of rotatable bonds is 5. The SMILES string of the molecule is CC[C@@H](C)c1ccc(-n2c(C)cc(/C=C3\C(=N)N4N=C(c5ccccc5)SC4=NC3=O)c2C)cc1. The molecule has 2 aromatic carbocycles. The molecule has 176 valence electrons. The third kappa shape index (κ3) is 4.17. The second kappa shape index (κ2) is 9.15. The van der Waals surface area contributed by atoms with Gasteiger partial charge in [0, 0.05) is 22.6 Å². The molecule has 1 amide bonds. The zero-order valence-electron chi connectivity index (χ0n) is 20.2. The van der Waals surface area contributed by atoms with Crippen molar-refractivity contribution in [3.63, 3.8) is 0 Å². The molecule has 2 aliphatic heterocycles. The van der Waals surface area contributed by atoms with Crippen LogP contribution in [0.25, 0.3) is 11.8 Å². The maximum Gasteiger partial charge on any atom is 0.283 e. The summed E-state index contributed by atoms with van der Waals surface area (Å²) in [5.41, 5.74) is 6.53. The molecule has 7 heteroatoms. The van der Waals surface area contributed by atoms with Crippen molar-refractivity contribution in [1.82, 2.24) is 9.58 Å². The summed E-state index contributed by atoms with van der Waals surface area (Å²) in [6.45, 7) is 8.52. The molecule has 0 unspecified atom stereocenters. The minimum atomic E-state index is -0.416. The van der Waals surface area contributed by atoms with E-state index in [0.29, 0.717) is 11.1 Å². The topological polar surface area (TPSA) is 73.8 Å². The number of carbonyl (C=O) groups excluding carboxylic acids is 1. The Hall–Kier alpha value is -3.71. The van der Waals surface area contributed by atoms with Gasteiger partial charge < -0.3 is 4.57 Å². The van der Waals surface area contributed by atoms with E-state index in [0.717, 1.165) is 39.7 Å². The number of amidine groups is 2. The van der Waals surface area contributed by atoms with E-state index < -0.39 is 5.91 Å². The first kappa shape index (κ1) is 23.1. The van der Waals surface area contributed by atoms with Gasteiger partial charge in [0.15, 0.2) is 5.84 Å². The van der Waals surface area contributed by atoms with Crippen molar-refractivity contribution in [3.8, 4) is 5.69 Å². The molecule has 0 aliphatic carbocycles. The van der Waals surface area contributed by atoms with Gasteiger partial charge in [0.05, 0.1) is 5.57 Å². The summed E-state index contributed by atoms with van der Waals surface area (Å²) >= 11 is 1.31. The number of fused-ring (bicyclic) bond motifs is 1. The largest absolute Gasteiger partial charge is 0.318 e. The van der Waals surface area contributed by atoms with E-state index in [1.165, 1.54) is 22.3 Å². The summed E-state index contributed by atoms with van der Waals surface area (Å²) in [5, 5.41) is 15.9. The number of carbonyl (C=O) groups is 1. The van der Waals surface area contributed by atoms with Crippen LogP contribution < -0.4 is 0 Å². The molecule has 0 saturated carbocycles. The van der Waals surface area contributed by atoms with Crippen LogP contribution in [0.3, 0.4) is 0 Å². The molecule has 0 spiro atoms. The highest BCUT2D eigenvalue weighted by atomic mass is 32.2. The predicted molar refractivity (Wildman–Crippen MR) is 145 cm³/mol. The van der Waals surface area contributed by atoms with Crippen LogP contribution in [0.1, 0.15) is 54.3 Å². The molecular weight excluding hydrogens is 454 g/mol. The summed E-state index contributed by atoms with van der Waals surface area (Å²) < 4.78 is 2.18. The second-order valence-corrected chi connectivity index (χ2v) is 9.81. The van der Waals surface area contributed by atoms with Crippen LogP contribution in [0.5, 0.6) is 0 Å². The van der Waals surface area contributed by atoms with Gasteiger partial charge in [0.2, 0.25) is 5.17 Å². The number of amides is 1. The number of aromatic nitrogens is 1. The average molecular weight is 482 g/mol. The van der Waals surface area contributed by atoms with Crippen molar-refractivity contribution in [1.29, 1.82) is 5.41 Å². The van der Waals surface area contributed by atoms with Crippen LogP contribution in [0, 0.1) is 19.3 Å². The summed E-state index contributed by atoms with van der Waals surface area (Å²) in [6.07, 6.45) is 2.87. The van der Waals surface area contributed by atoms with Gasteiger partial charge in [0.1, 0.15) is 5.04 Å². The first-order chi connectivity index (χ1) is 16.9. The Morgan fingerprint density at radius 2 is 1.80 bits per heavy atom. The van der Waals surface area contributed by atoms with Gasteiger partial charge in [-0.3, -0.25) is 10.2 Å². The van der Waals surface area contributed by atoms with Gasteiger partial charge in [-0.05, 0) is 73.4 Å². The van der Waals surface area contributed by atoms with Crippen molar-refractivity contribution in [3.05, 3.63) is 94.3 Å². The van der Waals surface area contributed by atoms with Crippen molar-refractivity contribution >= 4 is 39.8 Å². The van der Waals surface area contributed by atoms with Crippen LogP contribution in [-0.4, -0.2) is 31.5 Å². The van der Waals surface area contributed by atoms with Gasteiger partial charge >= 0.3 is 0 Å². The maximum absolute atomic E-state index is 12.9. The van der Waals surface area contributed by atoms with Gasteiger partial charge in [-0.2, -0.15) is 15.1 Å². The highest BCUT2D eigenvalue weighted by molar-refractivity contribution is 8.27. The van der Waals surface area contributed by atoms with Crippen LogP contribution in [0.15, 0.2) is 76.3 Å². The van der Waals surface area contributed by atoms with E-state index in [1.54, 1.807) is 6.08 Å². The highest BCUT2D eigenvalue weighted by Crippen LogP contribution is 2.32. The number of benzene rings is 2. The summed E-state index contributed by atoms with van der Waals surface area (Å²) in [6, 6.07) is 20.4. The fourth-order valence-electron chi connectivity index (χ4n) is 4.36. The third-order valence-electron chi connectivity index (χ3n) is 6.58. The summed E-state index contributed by atoms with van der Waals surface area (Å²) in [7, 11) is 0. The Morgan fingerprint density at radius 1 is 1.09 bits per heavy atom. The Morgan fingerprint density at radius 3 is 2.49 bits per heavy atom. The second-order valence-electron chi connectivity index (χ2n) is 8.85. The lowest BCUT2D eigenvalue weighted by Gasteiger charge is -2.20. The molecule has 0 saturated heterocycles. The predicted octanol–water partition coefficient (Wildman–Crippen LogP) is 6.28. The van der Waals surface area contributed by atoms with Crippen LogP contribution in [0.2, 0.25) is 0 Å². The maximum atomic E-state index is 12.9. The molecule has 5 rings (SSSR count). The summed E-state index contributed by atoms with van der Waals surface area (Å²) in [5.74, 6) is 0.154. The molecule has 1 aromatic heterocycles. The lowest BCUT2D eigenvalue weighted by molar-refractivity contribution is -0.114. The molecule has 3 aromatic rings. The number of thioether (sulfide) groups is 1. The molecule has 0 bridgehead atoms. The van der Waals surface area contributed by atoms with Crippen LogP contribution >= 0.6 is 11.8 Å². The number of nitrogens with zero attached hydrogens (tertiary/aromatic N) is 4. The normalized spacial score (nSPS) is 17.5. The molecular formula is C28H27N5OS. The fraction of sp³-hybridized carbons (Fsp3) is 0.214. The number of nitrogens with one attached hydrogen (secondary N) is 1. The van der Waals surface area contributed by atoms with Gasteiger partial charge in [-0.1, -0.05) is 56.3 Å². The average Bonchev–Trinajstić information content (AvgIpc) is 3.42. The van der Waals surface area contributed by atoms with Crippen molar-refractivity contribution in [2.45, 2.75) is 40.0 Å². The summed E-state index contributed by atoms with van der Waals surface area (Å²) in [4.78, 5) is 17.1. The zero-order chi connectivity index (χ0) is 24.7. The molecule has 35 heavy (non-hydrogen) atoms. The van der Waals surface area contributed by atoms with E-state index in [-0.39, 0.29) is 11.4 Å². The van der Waals surface area contributed by atoms with Crippen molar-refractivity contribution < 1.29 is 4.79 Å². The molecule has 1 atom stereocenters. The van der Waals surface area contributed by atoms with E-state index in [1.807, 2.05) is 43.3 Å². The van der Waals surface area contributed by atoms with E-state index in [4.69, 9.17) is 5.41 Å². The number of aliphatic imine (C=N–C) groups is 1. The van der Waals surface area contributed by atoms with Gasteiger partial charge in [0.25, 0.3) is 5.91 Å². The fourth-order valence-corrected chi connectivity index (χ4v) is 5.26. The Bertz CT molecular complexity index is 1410. The van der Waals surface area contributed by atoms with Gasteiger partial charge in [-0.15, -0.1) is 0 Å². The Labute approximate surface area is 209 Å². The first-order valence-corrected chi connectivity index (χ1v) is 12.5. The lowest BCUT2D eigenvalue weighted by Crippen LogP contribution is -2.35. The third-order valence-corrected chi connectivity index (χ3v) is 7.54. The molecule has 6 nitrogen and oxygen atoms in total. The molecule has 2 aliphatic rings. The van der Waals surface area contributed by atoms with Gasteiger partial charge in [-0.25, -0.2) is 0 Å².